The van der Waals surface area contributed by atoms with E-state index in [1.54, 1.807) is 18.6 Å². The van der Waals surface area contributed by atoms with Gasteiger partial charge in [-0.2, -0.15) is 0 Å². The molecule has 5 heteroatoms. The Kier molecular flexibility index (Phi) is 3.23. The van der Waals surface area contributed by atoms with Gasteiger partial charge in [0.15, 0.2) is 0 Å². The lowest BCUT2D eigenvalue weighted by molar-refractivity contribution is 0.0368. The van der Waals surface area contributed by atoms with Gasteiger partial charge in [-0.05, 0) is 19.4 Å². The minimum atomic E-state index is 0.0216. The molecule has 0 aliphatic carbocycles. The van der Waals surface area contributed by atoms with Gasteiger partial charge in [-0.1, -0.05) is 6.42 Å². The fourth-order valence-corrected chi connectivity index (χ4v) is 2.91. The van der Waals surface area contributed by atoms with E-state index in [0.717, 1.165) is 19.6 Å². The number of hydrogen-bond acceptors (Lipinski definition) is 4. The summed E-state index contributed by atoms with van der Waals surface area (Å²) in [6.07, 6.45) is 8.52. The quantitative estimate of drug-likeness (QED) is 0.735. The predicted molar refractivity (Wildman–Crippen MR) is 67.1 cm³/mol. The lowest BCUT2D eigenvalue weighted by Crippen LogP contribution is -2.56. The van der Waals surface area contributed by atoms with Crippen molar-refractivity contribution in [3.63, 3.8) is 0 Å². The van der Waals surface area contributed by atoms with E-state index in [1.807, 2.05) is 4.90 Å². The Hall–Kier alpha value is -1.49. The largest absolute Gasteiger partial charge is 0.334 e. The number of carbonyl (C=O) groups excluding carboxylic acids is 1. The molecule has 1 aromatic heterocycles. The zero-order valence-electron chi connectivity index (χ0n) is 10.5. The summed E-state index contributed by atoms with van der Waals surface area (Å²) in [6, 6.07) is 0.549. The van der Waals surface area contributed by atoms with Crippen LogP contribution in [0.15, 0.2) is 18.6 Å². The average Bonchev–Trinajstić information content (AvgIpc) is 2.47. The average molecular weight is 246 g/mol. The van der Waals surface area contributed by atoms with Gasteiger partial charge in [-0.25, -0.2) is 4.98 Å². The minimum Gasteiger partial charge on any atom is -0.334 e. The molecule has 0 bridgehead atoms. The molecule has 2 saturated heterocycles. The normalized spacial score (nSPS) is 24.7. The lowest BCUT2D eigenvalue weighted by Gasteiger charge is -2.43. The number of aromatic nitrogens is 2. The number of fused-ring (bicyclic) bond motifs is 1. The molecule has 0 N–H and O–H groups in total. The number of carbonyl (C=O) groups is 1. The number of piperazine rings is 1. The maximum absolute atomic E-state index is 12.3. The summed E-state index contributed by atoms with van der Waals surface area (Å²) in [5.41, 5.74) is 0.460. The molecule has 18 heavy (non-hydrogen) atoms. The third-order valence-corrected chi connectivity index (χ3v) is 3.91. The van der Waals surface area contributed by atoms with E-state index in [0.29, 0.717) is 11.7 Å². The number of piperidine rings is 1. The topological polar surface area (TPSA) is 49.3 Å². The highest BCUT2D eigenvalue weighted by Gasteiger charge is 2.31. The van der Waals surface area contributed by atoms with Crippen molar-refractivity contribution in [2.24, 2.45) is 0 Å². The van der Waals surface area contributed by atoms with Crippen LogP contribution in [0.1, 0.15) is 29.8 Å². The van der Waals surface area contributed by atoms with Crippen LogP contribution >= 0.6 is 0 Å². The number of amides is 1. The first kappa shape index (κ1) is 11.6. The van der Waals surface area contributed by atoms with Crippen LogP contribution in [-0.4, -0.2) is 57.9 Å². The molecule has 0 saturated carbocycles. The van der Waals surface area contributed by atoms with Gasteiger partial charge in [0.05, 0.1) is 6.20 Å². The Balaban J connectivity index is 1.69. The molecule has 0 aromatic carbocycles. The van der Waals surface area contributed by atoms with E-state index in [9.17, 15) is 4.79 Å². The van der Waals surface area contributed by atoms with E-state index in [1.165, 1.54) is 25.8 Å². The highest BCUT2D eigenvalue weighted by molar-refractivity contribution is 5.92. The van der Waals surface area contributed by atoms with Gasteiger partial charge in [-0.15, -0.1) is 0 Å². The number of nitrogens with zero attached hydrogens (tertiary/aromatic N) is 4. The second-order valence-electron chi connectivity index (χ2n) is 5.03. The maximum atomic E-state index is 12.3. The first-order valence-corrected chi connectivity index (χ1v) is 6.64. The van der Waals surface area contributed by atoms with Crippen molar-refractivity contribution in [1.82, 2.24) is 19.8 Å². The van der Waals surface area contributed by atoms with Gasteiger partial charge in [0.1, 0.15) is 5.69 Å². The van der Waals surface area contributed by atoms with Gasteiger partial charge < -0.3 is 4.90 Å². The zero-order chi connectivity index (χ0) is 12.4. The standard InChI is InChI=1S/C13H18N4O/c18-13(12-9-14-4-5-15-12)17-8-7-16-6-2-1-3-11(16)10-17/h4-5,9,11H,1-3,6-8,10H2. The molecule has 5 nitrogen and oxygen atoms in total. The van der Waals surface area contributed by atoms with Crippen LogP contribution in [0.25, 0.3) is 0 Å². The van der Waals surface area contributed by atoms with Gasteiger partial charge in [0.25, 0.3) is 5.91 Å². The molecular weight excluding hydrogens is 228 g/mol. The smallest absolute Gasteiger partial charge is 0.274 e. The van der Waals surface area contributed by atoms with Crippen LogP contribution in [0, 0.1) is 0 Å². The second kappa shape index (κ2) is 5.02. The molecule has 3 rings (SSSR count). The molecule has 1 amide bonds. The molecule has 0 radical (unpaired) electrons. The van der Waals surface area contributed by atoms with Crippen molar-refractivity contribution in [2.75, 3.05) is 26.2 Å². The van der Waals surface area contributed by atoms with Gasteiger partial charge in [0, 0.05) is 38.1 Å². The van der Waals surface area contributed by atoms with Gasteiger partial charge in [-0.3, -0.25) is 14.7 Å². The van der Waals surface area contributed by atoms with Gasteiger partial charge >= 0.3 is 0 Å². The third kappa shape index (κ3) is 2.22. The molecule has 0 spiro atoms. The molecule has 2 fully saturated rings. The molecule has 1 unspecified atom stereocenters. The molecule has 1 aromatic rings. The Bertz CT molecular complexity index is 422. The van der Waals surface area contributed by atoms with Crippen LogP contribution < -0.4 is 0 Å². The Labute approximate surface area is 107 Å². The minimum absolute atomic E-state index is 0.0216. The summed E-state index contributed by atoms with van der Waals surface area (Å²) in [5, 5.41) is 0. The first-order chi connectivity index (χ1) is 8.84. The van der Waals surface area contributed by atoms with Crippen molar-refractivity contribution in [3.8, 4) is 0 Å². The van der Waals surface area contributed by atoms with Crippen molar-refractivity contribution < 1.29 is 4.79 Å². The van der Waals surface area contributed by atoms with Crippen LogP contribution in [-0.2, 0) is 0 Å². The van der Waals surface area contributed by atoms with Crippen molar-refractivity contribution in [2.45, 2.75) is 25.3 Å². The molecule has 1 atom stereocenters. The monoisotopic (exact) mass is 246 g/mol. The second-order valence-corrected chi connectivity index (χ2v) is 5.03. The van der Waals surface area contributed by atoms with E-state index in [4.69, 9.17) is 0 Å². The van der Waals surface area contributed by atoms with Gasteiger partial charge in [0.2, 0.25) is 0 Å². The van der Waals surface area contributed by atoms with E-state index in [2.05, 4.69) is 14.9 Å². The van der Waals surface area contributed by atoms with Crippen molar-refractivity contribution in [1.29, 1.82) is 0 Å². The SMILES string of the molecule is O=C(c1cnccn1)N1CCN2CCCCC2C1. The maximum Gasteiger partial charge on any atom is 0.274 e. The van der Waals surface area contributed by atoms with Crippen LogP contribution in [0.5, 0.6) is 0 Å². The fourth-order valence-electron chi connectivity index (χ4n) is 2.91. The van der Waals surface area contributed by atoms with Crippen LogP contribution in [0.4, 0.5) is 0 Å². The Morgan fingerprint density at radius 1 is 1.22 bits per heavy atom. The highest BCUT2D eigenvalue weighted by Crippen LogP contribution is 2.21. The Morgan fingerprint density at radius 3 is 3.00 bits per heavy atom. The lowest BCUT2D eigenvalue weighted by atomic mass is 9.99. The zero-order valence-corrected chi connectivity index (χ0v) is 10.5. The molecular formula is C13H18N4O. The summed E-state index contributed by atoms with van der Waals surface area (Å²) in [5.74, 6) is 0.0216. The van der Waals surface area contributed by atoms with Crippen LogP contribution in [0.3, 0.4) is 0 Å². The third-order valence-electron chi connectivity index (χ3n) is 3.91. The highest BCUT2D eigenvalue weighted by atomic mass is 16.2. The molecule has 96 valence electrons. The van der Waals surface area contributed by atoms with Crippen LogP contribution in [0.2, 0.25) is 0 Å². The van der Waals surface area contributed by atoms with Crippen molar-refractivity contribution in [3.05, 3.63) is 24.3 Å². The summed E-state index contributed by atoms with van der Waals surface area (Å²) in [7, 11) is 0. The molecule has 2 aliphatic heterocycles. The van der Waals surface area contributed by atoms with E-state index < -0.39 is 0 Å². The van der Waals surface area contributed by atoms with E-state index >= 15 is 0 Å². The molecule has 2 aliphatic rings. The summed E-state index contributed by atoms with van der Waals surface area (Å²) in [4.78, 5) is 24.8. The number of hydrogen-bond donors (Lipinski definition) is 0. The van der Waals surface area contributed by atoms with E-state index in [-0.39, 0.29) is 5.91 Å². The Morgan fingerprint density at radius 2 is 2.17 bits per heavy atom. The predicted octanol–water partition coefficient (Wildman–Crippen LogP) is 0.787. The molecule has 3 heterocycles. The fraction of sp³-hybridized carbons (Fsp3) is 0.615. The number of rotatable bonds is 1. The summed E-state index contributed by atoms with van der Waals surface area (Å²) < 4.78 is 0. The van der Waals surface area contributed by atoms with Crippen molar-refractivity contribution >= 4 is 5.91 Å². The summed E-state index contributed by atoms with van der Waals surface area (Å²) >= 11 is 0. The first-order valence-electron chi connectivity index (χ1n) is 6.64. The summed E-state index contributed by atoms with van der Waals surface area (Å²) in [6.45, 7) is 3.84.